The Kier molecular flexibility index (Phi) is 4.29. The van der Waals surface area contributed by atoms with Crippen LogP contribution in [0.15, 0.2) is 28.8 Å². The number of aromatic nitrogens is 2. The first kappa shape index (κ1) is 16.5. The molecule has 1 saturated heterocycles. The van der Waals surface area contributed by atoms with Gasteiger partial charge in [0.25, 0.3) is 0 Å². The van der Waals surface area contributed by atoms with Crippen LogP contribution in [0.4, 0.5) is 13.2 Å². The molecule has 0 unspecified atom stereocenters. The molecule has 1 amide bonds. The van der Waals surface area contributed by atoms with Crippen molar-refractivity contribution >= 4 is 5.91 Å². The number of carbonyl (C=O) groups excluding carboxylic acids is 1. The van der Waals surface area contributed by atoms with Crippen molar-refractivity contribution in [3.63, 3.8) is 0 Å². The summed E-state index contributed by atoms with van der Waals surface area (Å²) in [6.07, 6.45) is -3.98. The lowest BCUT2D eigenvalue weighted by atomic mass is 10.1. The van der Waals surface area contributed by atoms with Gasteiger partial charge in [-0.25, -0.2) is 0 Å². The first-order valence-corrected chi connectivity index (χ1v) is 7.53. The summed E-state index contributed by atoms with van der Waals surface area (Å²) in [5.41, 5.74) is 2.13. The molecule has 1 aliphatic heterocycles. The van der Waals surface area contributed by atoms with Gasteiger partial charge < -0.3 is 9.42 Å². The minimum atomic E-state index is -4.41. The van der Waals surface area contributed by atoms with Gasteiger partial charge in [0.1, 0.15) is 6.54 Å². The Bertz CT molecular complexity index is 742. The molecule has 0 spiro atoms. The summed E-state index contributed by atoms with van der Waals surface area (Å²) < 4.78 is 42.5. The van der Waals surface area contributed by atoms with E-state index in [4.69, 9.17) is 4.52 Å². The first-order valence-electron chi connectivity index (χ1n) is 7.53. The smallest absolute Gasteiger partial charge is 0.339 e. The van der Waals surface area contributed by atoms with E-state index < -0.39 is 24.5 Å². The summed E-state index contributed by atoms with van der Waals surface area (Å²) in [4.78, 5) is 16.7. The first-order chi connectivity index (χ1) is 11.3. The molecule has 0 bridgehead atoms. The van der Waals surface area contributed by atoms with Crippen LogP contribution in [0.5, 0.6) is 0 Å². The monoisotopic (exact) mass is 339 g/mol. The molecular weight excluding hydrogens is 323 g/mol. The highest BCUT2D eigenvalue weighted by Crippen LogP contribution is 2.29. The van der Waals surface area contributed by atoms with Gasteiger partial charge in [-0.1, -0.05) is 35.0 Å². The summed E-state index contributed by atoms with van der Waals surface area (Å²) in [5.74, 6) is -0.359. The van der Waals surface area contributed by atoms with Gasteiger partial charge in [-0.2, -0.15) is 18.2 Å². The molecule has 24 heavy (non-hydrogen) atoms. The fourth-order valence-corrected chi connectivity index (χ4v) is 2.82. The number of amides is 1. The molecule has 1 aromatic heterocycles. The number of hydrogen-bond acceptors (Lipinski definition) is 4. The number of hydrogen-bond donors (Lipinski definition) is 0. The summed E-state index contributed by atoms with van der Waals surface area (Å²) in [7, 11) is 0. The normalized spacial score (nSPS) is 18.4. The molecule has 0 saturated carbocycles. The number of aryl methyl sites for hydroxylation is 1. The average Bonchev–Trinajstić information content (AvgIpc) is 3.05. The third-order valence-electron chi connectivity index (χ3n) is 3.86. The number of carbonyl (C=O) groups is 1. The molecule has 2 aromatic rings. The Hall–Kier alpha value is -2.38. The zero-order valence-electron chi connectivity index (χ0n) is 13.0. The molecule has 1 aliphatic rings. The molecule has 1 atom stereocenters. The molecule has 3 rings (SSSR count). The zero-order valence-corrected chi connectivity index (χ0v) is 13.0. The number of alkyl halides is 3. The van der Waals surface area contributed by atoms with Crippen molar-refractivity contribution in [2.75, 3.05) is 13.1 Å². The Morgan fingerprint density at radius 3 is 2.88 bits per heavy atom. The lowest BCUT2D eigenvalue weighted by Gasteiger charge is -2.17. The van der Waals surface area contributed by atoms with Crippen molar-refractivity contribution in [3.05, 3.63) is 47.1 Å². The molecule has 0 N–H and O–H groups in total. The highest BCUT2D eigenvalue weighted by molar-refractivity contribution is 5.79. The second-order valence-corrected chi connectivity index (χ2v) is 6.01. The molecule has 1 aromatic carbocycles. The van der Waals surface area contributed by atoms with Gasteiger partial charge in [0.15, 0.2) is 5.82 Å². The van der Waals surface area contributed by atoms with E-state index in [1.807, 2.05) is 31.2 Å². The van der Waals surface area contributed by atoms with Crippen LogP contribution in [0.2, 0.25) is 0 Å². The zero-order chi connectivity index (χ0) is 17.3. The summed E-state index contributed by atoms with van der Waals surface area (Å²) >= 11 is 0. The van der Waals surface area contributed by atoms with Crippen molar-refractivity contribution < 1.29 is 22.5 Å². The van der Waals surface area contributed by atoms with E-state index in [1.165, 1.54) is 0 Å². The largest absolute Gasteiger partial charge is 0.406 e. The fourth-order valence-electron chi connectivity index (χ4n) is 2.82. The van der Waals surface area contributed by atoms with E-state index in [0.717, 1.165) is 16.0 Å². The topological polar surface area (TPSA) is 59.2 Å². The van der Waals surface area contributed by atoms with Crippen LogP contribution in [0.25, 0.3) is 0 Å². The molecule has 0 aliphatic carbocycles. The van der Waals surface area contributed by atoms with Crippen molar-refractivity contribution in [1.82, 2.24) is 15.0 Å². The highest BCUT2D eigenvalue weighted by atomic mass is 19.4. The predicted octanol–water partition coefficient (Wildman–Crippen LogP) is 2.85. The maximum atomic E-state index is 12.4. The van der Waals surface area contributed by atoms with E-state index in [2.05, 4.69) is 10.1 Å². The van der Waals surface area contributed by atoms with Crippen molar-refractivity contribution in [2.45, 2.75) is 31.9 Å². The van der Waals surface area contributed by atoms with E-state index in [0.29, 0.717) is 12.2 Å². The Morgan fingerprint density at radius 1 is 1.38 bits per heavy atom. The number of likely N-dealkylation sites (tertiary alicyclic amines) is 1. The number of benzene rings is 1. The lowest BCUT2D eigenvalue weighted by molar-refractivity contribution is -0.157. The van der Waals surface area contributed by atoms with Gasteiger partial charge in [0, 0.05) is 19.4 Å². The quantitative estimate of drug-likeness (QED) is 0.859. The van der Waals surface area contributed by atoms with E-state index >= 15 is 0 Å². The van der Waals surface area contributed by atoms with Crippen molar-refractivity contribution in [2.24, 2.45) is 0 Å². The molecule has 8 heteroatoms. The third-order valence-corrected chi connectivity index (χ3v) is 3.86. The predicted molar refractivity (Wildman–Crippen MR) is 78.3 cm³/mol. The van der Waals surface area contributed by atoms with Gasteiger partial charge >= 0.3 is 6.18 Å². The van der Waals surface area contributed by atoms with Crippen LogP contribution in [0.1, 0.15) is 35.2 Å². The van der Waals surface area contributed by atoms with E-state index in [1.54, 1.807) is 0 Å². The molecule has 128 valence electrons. The molecular formula is C16H16F3N3O2. The summed E-state index contributed by atoms with van der Waals surface area (Å²) in [6.45, 7) is 0.682. The fraction of sp³-hybridized carbons (Fsp3) is 0.438. The van der Waals surface area contributed by atoms with Gasteiger partial charge in [0.2, 0.25) is 11.8 Å². The Labute approximate surface area is 136 Å². The van der Waals surface area contributed by atoms with Crippen LogP contribution in [0, 0.1) is 6.92 Å². The Balaban J connectivity index is 1.67. The van der Waals surface area contributed by atoms with Crippen LogP contribution in [-0.2, 0) is 11.2 Å². The number of halogens is 3. The lowest BCUT2D eigenvalue weighted by Crippen LogP contribution is -2.35. The molecule has 5 nitrogen and oxygen atoms in total. The number of nitrogens with zero attached hydrogens (tertiary/aromatic N) is 3. The molecule has 2 heterocycles. The molecule has 0 radical (unpaired) electrons. The van der Waals surface area contributed by atoms with Gasteiger partial charge in [0.05, 0.1) is 5.92 Å². The van der Waals surface area contributed by atoms with Gasteiger partial charge in [-0.3, -0.25) is 4.79 Å². The summed E-state index contributed by atoms with van der Waals surface area (Å²) in [5, 5.41) is 3.87. The third kappa shape index (κ3) is 3.93. The van der Waals surface area contributed by atoms with Crippen LogP contribution >= 0.6 is 0 Å². The standard InChI is InChI=1S/C16H16F3N3O2/c1-10-3-2-4-11(5-10)6-13-20-15(24-21-13)12-7-14(23)22(8-12)9-16(17,18)19/h2-5,12H,6-9H2,1H3/t12-/m1/s1. The SMILES string of the molecule is Cc1cccc(Cc2noc([C@@H]3CC(=O)N(CC(F)(F)F)C3)n2)c1. The maximum Gasteiger partial charge on any atom is 0.406 e. The van der Waals surface area contributed by atoms with Gasteiger partial charge in [-0.15, -0.1) is 0 Å². The van der Waals surface area contributed by atoms with Crippen molar-refractivity contribution in [1.29, 1.82) is 0 Å². The second-order valence-electron chi connectivity index (χ2n) is 6.01. The van der Waals surface area contributed by atoms with Crippen molar-refractivity contribution in [3.8, 4) is 0 Å². The maximum absolute atomic E-state index is 12.4. The minimum Gasteiger partial charge on any atom is -0.339 e. The molecule has 1 fully saturated rings. The second kappa shape index (κ2) is 6.26. The highest BCUT2D eigenvalue weighted by Gasteiger charge is 2.40. The number of rotatable bonds is 4. The van der Waals surface area contributed by atoms with Gasteiger partial charge in [-0.05, 0) is 12.5 Å². The van der Waals surface area contributed by atoms with Crippen LogP contribution in [0.3, 0.4) is 0 Å². The Morgan fingerprint density at radius 2 is 2.17 bits per heavy atom. The minimum absolute atomic E-state index is 0.0395. The van der Waals surface area contributed by atoms with E-state index in [-0.39, 0.29) is 18.9 Å². The van der Waals surface area contributed by atoms with Crippen LogP contribution in [-0.4, -0.2) is 40.2 Å². The summed E-state index contributed by atoms with van der Waals surface area (Å²) in [6, 6.07) is 7.84. The average molecular weight is 339 g/mol. The van der Waals surface area contributed by atoms with Crippen LogP contribution < -0.4 is 0 Å². The van der Waals surface area contributed by atoms with E-state index in [9.17, 15) is 18.0 Å².